The molecule has 1 saturated heterocycles. The Labute approximate surface area is 111 Å². The lowest BCUT2D eigenvalue weighted by Crippen LogP contribution is -2.30. The Morgan fingerprint density at radius 1 is 1.28 bits per heavy atom. The molecule has 1 aromatic rings. The van der Waals surface area contributed by atoms with E-state index in [-0.39, 0.29) is 18.0 Å². The molecule has 1 fully saturated rings. The molecule has 1 aromatic carbocycles. The highest BCUT2D eigenvalue weighted by atomic mass is 35.5. The second-order valence-electron chi connectivity index (χ2n) is 4.34. The molecule has 1 unspecified atom stereocenters. The van der Waals surface area contributed by atoms with Gasteiger partial charge in [-0.25, -0.2) is 4.79 Å². The van der Waals surface area contributed by atoms with Gasteiger partial charge in [-0.2, -0.15) is 0 Å². The van der Waals surface area contributed by atoms with Crippen molar-refractivity contribution in [1.82, 2.24) is 10.2 Å². The van der Waals surface area contributed by atoms with Crippen LogP contribution in [0.25, 0.3) is 0 Å². The van der Waals surface area contributed by atoms with Crippen LogP contribution in [0.15, 0.2) is 24.3 Å². The molecule has 5 heteroatoms. The third-order valence-electron chi connectivity index (χ3n) is 2.94. The van der Waals surface area contributed by atoms with E-state index < -0.39 is 0 Å². The van der Waals surface area contributed by atoms with Gasteiger partial charge in [-0.15, -0.1) is 0 Å². The molecule has 1 N–H and O–H groups in total. The maximum absolute atomic E-state index is 12.0. The van der Waals surface area contributed by atoms with Crippen molar-refractivity contribution in [1.29, 1.82) is 0 Å². The Kier molecular flexibility index (Phi) is 3.87. The van der Waals surface area contributed by atoms with Crippen LogP contribution in [-0.4, -0.2) is 22.9 Å². The lowest BCUT2D eigenvalue weighted by molar-refractivity contribution is -0.128. The molecule has 18 heavy (non-hydrogen) atoms. The van der Waals surface area contributed by atoms with Gasteiger partial charge in [-0.05, 0) is 24.1 Å². The number of imide groups is 1. The highest BCUT2D eigenvalue weighted by Crippen LogP contribution is 2.16. The van der Waals surface area contributed by atoms with Crippen LogP contribution < -0.4 is 5.32 Å². The summed E-state index contributed by atoms with van der Waals surface area (Å²) in [5, 5.41) is 3.34. The molecule has 1 heterocycles. The predicted octanol–water partition coefficient (Wildman–Crippen LogP) is 2.56. The Bertz CT molecular complexity index is 459. The second-order valence-corrected chi connectivity index (χ2v) is 4.78. The van der Waals surface area contributed by atoms with Gasteiger partial charge in [-0.3, -0.25) is 9.69 Å². The van der Waals surface area contributed by atoms with E-state index in [1.165, 1.54) is 4.90 Å². The summed E-state index contributed by atoms with van der Waals surface area (Å²) >= 11 is 5.79. The quantitative estimate of drug-likeness (QED) is 0.852. The molecule has 0 aliphatic carbocycles. The van der Waals surface area contributed by atoms with Crippen LogP contribution in [0.4, 0.5) is 4.79 Å². The van der Waals surface area contributed by atoms with Crippen molar-refractivity contribution in [3.63, 3.8) is 0 Å². The van der Waals surface area contributed by atoms with Gasteiger partial charge in [0, 0.05) is 5.02 Å². The van der Waals surface area contributed by atoms with Crippen LogP contribution in [0.1, 0.15) is 25.3 Å². The van der Waals surface area contributed by atoms with Gasteiger partial charge in [0.05, 0.1) is 6.54 Å². The fourth-order valence-electron chi connectivity index (χ4n) is 1.98. The van der Waals surface area contributed by atoms with Crippen molar-refractivity contribution >= 4 is 23.5 Å². The SMILES string of the molecule is CCCC1NC(=O)N(Cc2ccc(Cl)cc2)C1=O. The van der Waals surface area contributed by atoms with E-state index in [1.54, 1.807) is 12.1 Å². The van der Waals surface area contributed by atoms with Gasteiger partial charge >= 0.3 is 6.03 Å². The lowest BCUT2D eigenvalue weighted by atomic mass is 10.1. The average Bonchev–Trinajstić information content (AvgIpc) is 2.60. The number of amides is 3. The van der Waals surface area contributed by atoms with Crippen LogP contribution >= 0.6 is 11.6 Å². The molecule has 2 rings (SSSR count). The Hall–Kier alpha value is -1.55. The Morgan fingerprint density at radius 2 is 1.94 bits per heavy atom. The highest BCUT2D eigenvalue weighted by molar-refractivity contribution is 6.30. The number of hydrogen-bond acceptors (Lipinski definition) is 2. The molecule has 0 aromatic heterocycles. The third kappa shape index (κ3) is 2.64. The number of rotatable bonds is 4. The first-order chi connectivity index (χ1) is 8.61. The molecule has 0 radical (unpaired) electrons. The van der Waals surface area contributed by atoms with Crippen LogP contribution in [0, 0.1) is 0 Å². The van der Waals surface area contributed by atoms with Gasteiger partial charge < -0.3 is 5.32 Å². The van der Waals surface area contributed by atoms with Crippen molar-refractivity contribution in [2.75, 3.05) is 0 Å². The number of nitrogens with zero attached hydrogens (tertiary/aromatic N) is 1. The topological polar surface area (TPSA) is 49.4 Å². The van der Waals surface area contributed by atoms with Crippen molar-refractivity contribution in [2.45, 2.75) is 32.4 Å². The lowest BCUT2D eigenvalue weighted by Gasteiger charge is -2.12. The van der Waals surface area contributed by atoms with E-state index in [4.69, 9.17) is 11.6 Å². The first-order valence-corrected chi connectivity index (χ1v) is 6.36. The fraction of sp³-hybridized carbons (Fsp3) is 0.385. The van der Waals surface area contributed by atoms with Gasteiger partial charge in [-0.1, -0.05) is 37.1 Å². The number of carbonyl (C=O) groups is 2. The molecule has 1 aliphatic heterocycles. The van der Waals surface area contributed by atoms with Gasteiger partial charge in [0.25, 0.3) is 5.91 Å². The van der Waals surface area contributed by atoms with Crippen molar-refractivity contribution in [2.24, 2.45) is 0 Å². The number of urea groups is 1. The first-order valence-electron chi connectivity index (χ1n) is 5.98. The summed E-state index contributed by atoms with van der Waals surface area (Å²) in [6.07, 6.45) is 1.55. The smallest absolute Gasteiger partial charge is 0.325 e. The normalized spacial score (nSPS) is 19.2. The molecule has 3 amide bonds. The molecule has 1 atom stereocenters. The van der Waals surface area contributed by atoms with E-state index in [0.29, 0.717) is 18.0 Å². The number of nitrogens with one attached hydrogen (secondary N) is 1. The summed E-state index contributed by atoms with van der Waals surface area (Å²) < 4.78 is 0. The zero-order valence-electron chi connectivity index (χ0n) is 10.1. The molecular weight excluding hydrogens is 252 g/mol. The number of benzene rings is 1. The summed E-state index contributed by atoms with van der Waals surface area (Å²) in [7, 11) is 0. The molecule has 4 nitrogen and oxygen atoms in total. The molecule has 0 spiro atoms. The van der Waals surface area contributed by atoms with E-state index in [9.17, 15) is 9.59 Å². The van der Waals surface area contributed by atoms with Crippen molar-refractivity contribution in [3.8, 4) is 0 Å². The summed E-state index contributed by atoms with van der Waals surface area (Å²) in [6.45, 7) is 2.28. The molecule has 0 bridgehead atoms. The zero-order valence-corrected chi connectivity index (χ0v) is 10.9. The summed E-state index contributed by atoms with van der Waals surface area (Å²) in [5.74, 6) is -0.142. The maximum Gasteiger partial charge on any atom is 0.325 e. The number of carbonyl (C=O) groups excluding carboxylic acids is 2. The average molecular weight is 267 g/mol. The highest BCUT2D eigenvalue weighted by Gasteiger charge is 2.36. The summed E-state index contributed by atoms with van der Waals surface area (Å²) in [6, 6.07) is 6.45. The summed E-state index contributed by atoms with van der Waals surface area (Å²) in [5.41, 5.74) is 0.889. The monoisotopic (exact) mass is 266 g/mol. The van der Waals surface area contributed by atoms with E-state index in [0.717, 1.165) is 12.0 Å². The number of hydrogen-bond donors (Lipinski definition) is 1. The standard InChI is InChI=1S/C13H15ClN2O2/c1-2-3-11-12(17)16(13(18)15-11)8-9-4-6-10(14)7-5-9/h4-7,11H,2-3,8H2,1H3,(H,15,18). The molecule has 96 valence electrons. The maximum atomic E-state index is 12.0. The number of halogens is 1. The van der Waals surface area contributed by atoms with Gasteiger partial charge in [0.1, 0.15) is 6.04 Å². The van der Waals surface area contributed by atoms with Crippen LogP contribution in [0.2, 0.25) is 5.02 Å². The van der Waals surface area contributed by atoms with Crippen molar-refractivity contribution in [3.05, 3.63) is 34.9 Å². The fourth-order valence-corrected chi connectivity index (χ4v) is 2.11. The molecule has 1 aliphatic rings. The second kappa shape index (κ2) is 5.40. The minimum Gasteiger partial charge on any atom is -0.326 e. The molecule has 0 saturated carbocycles. The van der Waals surface area contributed by atoms with Crippen molar-refractivity contribution < 1.29 is 9.59 Å². The zero-order chi connectivity index (χ0) is 13.1. The van der Waals surface area contributed by atoms with Crippen LogP contribution in [-0.2, 0) is 11.3 Å². The van der Waals surface area contributed by atoms with Gasteiger partial charge in [0.15, 0.2) is 0 Å². The predicted molar refractivity (Wildman–Crippen MR) is 69.2 cm³/mol. The largest absolute Gasteiger partial charge is 0.326 e. The Balaban J connectivity index is 2.07. The summed E-state index contributed by atoms with van der Waals surface area (Å²) in [4.78, 5) is 25.0. The first kappa shape index (κ1) is 12.9. The van der Waals surface area contributed by atoms with Crippen LogP contribution in [0.3, 0.4) is 0 Å². The molecular formula is C13H15ClN2O2. The van der Waals surface area contributed by atoms with Gasteiger partial charge in [0.2, 0.25) is 0 Å². The van der Waals surface area contributed by atoms with E-state index >= 15 is 0 Å². The minimum absolute atomic E-state index is 0.142. The van der Waals surface area contributed by atoms with E-state index in [2.05, 4.69) is 5.32 Å². The Morgan fingerprint density at radius 3 is 2.56 bits per heavy atom. The van der Waals surface area contributed by atoms with Crippen LogP contribution in [0.5, 0.6) is 0 Å². The third-order valence-corrected chi connectivity index (χ3v) is 3.19. The minimum atomic E-state index is -0.366. The van der Waals surface area contributed by atoms with E-state index in [1.807, 2.05) is 19.1 Å².